The van der Waals surface area contributed by atoms with Gasteiger partial charge in [0.2, 0.25) is 0 Å². The average molecular weight is 246 g/mol. The van der Waals surface area contributed by atoms with E-state index < -0.39 is 5.97 Å². The lowest BCUT2D eigenvalue weighted by Gasteiger charge is -2.09. The lowest BCUT2D eigenvalue weighted by atomic mass is 10.2. The van der Waals surface area contributed by atoms with Crippen LogP contribution in [0.3, 0.4) is 0 Å². The smallest absolute Gasteiger partial charge is 0.354 e. The summed E-state index contributed by atoms with van der Waals surface area (Å²) in [6.45, 7) is 2.25. The SMILES string of the molecule is COc1cccc(Cn2c(C(=O)O)cnc2C)c1. The van der Waals surface area contributed by atoms with Gasteiger partial charge in [-0.3, -0.25) is 0 Å². The Balaban J connectivity index is 2.33. The monoisotopic (exact) mass is 246 g/mol. The Morgan fingerprint density at radius 1 is 1.50 bits per heavy atom. The molecule has 0 aliphatic heterocycles. The number of rotatable bonds is 4. The molecule has 0 aliphatic rings. The van der Waals surface area contributed by atoms with E-state index in [1.165, 1.54) is 6.20 Å². The van der Waals surface area contributed by atoms with Gasteiger partial charge in [-0.25, -0.2) is 9.78 Å². The van der Waals surface area contributed by atoms with Gasteiger partial charge in [-0.05, 0) is 24.6 Å². The Morgan fingerprint density at radius 2 is 2.28 bits per heavy atom. The van der Waals surface area contributed by atoms with Crippen LogP contribution in [0, 0.1) is 6.92 Å². The largest absolute Gasteiger partial charge is 0.497 e. The average Bonchev–Trinajstić information content (AvgIpc) is 2.71. The molecule has 1 aromatic heterocycles. The second-order valence-electron chi connectivity index (χ2n) is 3.93. The second kappa shape index (κ2) is 4.91. The van der Waals surface area contributed by atoms with Crippen molar-refractivity contribution >= 4 is 5.97 Å². The molecule has 94 valence electrons. The lowest BCUT2D eigenvalue weighted by molar-refractivity contribution is 0.0685. The van der Waals surface area contributed by atoms with Crippen LogP contribution in [0.5, 0.6) is 5.75 Å². The molecule has 0 unspecified atom stereocenters. The van der Waals surface area contributed by atoms with Crippen molar-refractivity contribution in [2.75, 3.05) is 7.11 Å². The van der Waals surface area contributed by atoms with Crippen molar-refractivity contribution in [1.82, 2.24) is 9.55 Å². The molecule has 5 heteroatoms. The zero-order chi connectivity index (χ0) is 13.1. The standard InChI is InChI=1S/C13H14N2O3/c1-9-14-7-12(13(16)17)15(9)8-10-4-3-5-11(6-10)18-2/h3-7H,8H2,1-2H3,(H,16,17). The van der Waals surface area contributed by atoms with Crippen molar-refractivity contribution < 1.29 is 14.6 Å². The number of hydrogen-bond donors (Lipinski definition) is 1. The summed E-state index contributed by atoms with van der Waals surface area (Å²) in [4.78, 5) is 15.1. The summed E-state index contributed by atoms with van der Waals surface area (Å²) in [6.07, 6.45) is 1.37. The molecule has 1 aromatic carbocycles. The molecule has 2 aromatic rings. The van der Waals surface area contributed by atoms with Crippen molar-refractivity contribution in [3.05, 3.63) is 47.5 Å². The number of hydrogen-bond acceptors (Lipinski definition) is 3. The number of carboxylic acid groups (broad SMARTS) is 1. The maximum Gasteiger partial charge on any atom is 0.354 e. The van der Waals surface area contributed by atoms with Crippen LogP contribution in [0.2, 0.25) is 0 Å². The number of ether oxygens (including phenoxy) is 1. The molecule has 1 heterocycles. The first-order valence-electron chi connectivity index (χ1n) is 5.50. The zero-order valence-corrected chi connectivity index (χ0v) is 10.3. The first-order chi connectivity index (χ1) is 8.61. The molecule has 2 rings (SSSR count). The molecule has 0 saturated carbocycles. The highest BCUT2D eigenvalue weighted by molar-refractivity contribution is 5.85. The molecular formula is C13H14N2O3. The van der Waals surface area contributed by atoms with E-state index in [1.54, 1.807) is 18.6 Å². The third-order valence-corrected chi connectivity index (χ3v) is 2.75. The van der Waals surface area contributed by atoms with Gasteiger partial charge < -0.3 is 14.4 Å². The van der Waals surface area contributed by atoms with E-state index in [0.717, 1.165) is 11.3 Å². The van der Waals surface area contributed by atoms with E-state index in [4.69, 9.17) is 9.84 Å². The minimum atomic E-state index is -0.974. The summed E-state index contributed by atoms with van der Waals surface area (Å²) in [5.74, 6) is 0.454. The number of methoxy groups -OCH3 is 1. The maximum absolute atomic E-state index is 11.1. The first kappa shape index (κ1) is 12.2. The molecular weight excluding hydrogens is 232 g/mol. The van der Waals surface area contributed by atoms with Crippen LogP contribution in [-0.2, 0) is 6.54 Å². The minimum absolute atomic E-state index is 0.190. The molecule has 18 heavy (non-hydrogen) atoms. The Morgan fingerprint density at radius 3 is 2.94 bits per heavy atom. The van der Waals surface area contributed by atoms with Crippen molar-refractivity contribution in [2.24, 2.45) is 0 Å². The molecule has 5 nitrogen and oxygen atoms in total. The van der Waals surface area contributed by atoms with E-state index in [0.29, 0.717) is 12.4 Å². The van der Waals surface area contributed by atoms with Gasteiger partial charge in [0.15, 0.2) is 0 Å². The van der Waals surface area contributed by atoms with Crippen molar-refractivity contribution in [3.8, 4) is 5.75 Å². The van der Waals surface area contributed by atoms with E-state index in [-0.39, 0.29) is 5.69 Å². The number of aryl methyl sites for hydroxylation is 1. The molecule has 0 radical (unpaired) electrons. The number of aromatic carboxylic acids is 1. The lowest BCUT2D eigenvalue weighted by Crippen LogP contribution is -2.10. The molecule has 0 spiro atoms. The quantitative estimate of drug-likeness (QED) is 0.895. The number of carbonyl (C=O) groups is 1. The molecule has 0 saturated heterocycles. The van der Waals surface area contributed by atoms with Crippen LogP contribution in [0.4, 0.5) is 0 Å². The van der Waals surface area contributed by atoms with Crippen LogP contribution in [0.25, 0.3) is 0 Å². The molecule has 0 amide bonds. The van der Waals surface area contributed by atoms with Gasteiger partial charge in [0, 0.05) is 6.54 Å². The Labute approximate surface area is 105 Å². The minimum Gasteiger partial charge on any atom is -0.497 e. The maximum atomic E-state index is 11.1. The summed E-state index contributed by atoms with van der Waals surface area (Å²) in [6, 6.07) is 7.53. The van der Waals surface area contributed by atoms with Crippen molar-refractivity contribution in [1.29, 1.82) is 0 Å². The number of aromatic nitrogens is 2. The van der Waals surface area contributed by atoms with Gasteiger partial charge in [-0.2, -0.15) is 0 Å². The van der Waals surface area contributed by atoms with Crippen LogP contribution >= 0.6 is 0 Å². The third-order valence-electron chi connectivity index (χ3n) is 2.75. The van der Waals surface area contributed by atoms with Crippen LogP contribution in [0.1, 0.15) is 21.9 Å². The molecule has 0 fully saturated rings. The number of imidazole rings is 1. The van der Waals surface area contributed by atoms with Gasteiger partial charge in [0.05, 0.1) is 13.3 Å². The van der Waals surface area contributed by atoms with Gasteiger partial charge in [0.1, 0.15) is 17.3 Å². The third kappa shape index (κ3) is 2.34. The molecule has 0 atom stereocenters. The van der Waals surface area contributed by atoms with Crippen LogP contribution < -0.4 is 4.74 Å². The van der Waals surface area contributed by atoms with Gasteiger partial charge >= 0.3 is 5.97 Å². The molecule has 1 N–H and O–H groups in total. The number of nitrogens with zero attached hydrogens (tertiary/aromatic N) is 2. The first-order valence-corrected chi connectivity index (χ1v) is 5.50. The van der Waals surface area contributed by atoms with E-state index in [1.807, 2.05) is 24.3 Å². The fraction of sp³-hybridized carbons (Fsp3) is 0.231. The highest BCUT2D eigenvalue weighted by atomic mass is 16.5. The topological polar surface area (TPSA) is 64.3 Å². The Hall–Kier alpha value is -2.30. The summed E-state index contributed by atoms with van der Waals surface area (Å²) >= 11 is 0. The van der Waals surface area contributed by atoms with Crippen molar-refractivity contribution in [3.63, 3.8) is 0 Å². The van der Waals surface area contributed by atoms with Gasteiger partial charge in [0.25, 0.3) is 0 Å². The predicted molar refractivity (Wildman–Crippen MR) is 66.0 cm³/mol. The fourth-order valence-corrected chi connectivity index (χ4v) is 1.79. The normalized spacial score (nSPS) is 10.3. The van der Waals surface area contributed by atoms with E-state index in [9.17, 15) is 4.79 Å². The highest BCUT2D eigenvalue weighted by Crippen LogP contribution is 2.15. The summed E-state index contributed by atoms with van der Waals surface area (Å²) < 4.78 is 6.80. The van der Waals surface area contributed by atoms with E-state index >= 15 is 0 Å². The van der Waals surface area contributed by atoms with Crippen molar-refractivity contribution in [2.45, 2.75) is 13.5 Å². The Kier molecular flexibility index (Phi) is 3.32. The molecule has 0 aliphatic carbocycles. The highest BCUT2D eigenvalue weighted by Gasteiger charge is 2.13. The van der Waals surface area contributed by atoms with Gasteiger partial charge in [-0.15, -0.1) is 0 Å². The van der Waals surface area contributed by atoms with Gasteiger partial charge in [-0.1, -0.05) is 12.1 Å². The predicted octanol–water partition coefficient (Wildman–Crippen LogP) is 1.95. The van der Waals surface area contributed by atoms with Crippen LogP contribution in [0.15, 0.2) is 30.5 Å². The summed E-state index contributed by atoms with van der Waals surface area (Å²) in [7, 11) is 1.60. The molecule has 0 bridgehead atoms. The zero-order valence-electron chi connectivity index (χ0n) is 10.3. The number of benzene rings is 1. The van der Waals surface area contributed by atoms with E-state index in [2.05, 4.69) is 4.98 Å². The van der Waals surface area contributed by atoms with Crippen LogP contribution in [-0.4, -0.2) is 27.7 Å². The summed E-state index contributed by atoms with van der Waals surface area (Å²) in [5, 5.41) is 9.07. The Bertz CT molecular complexity index is 575. The second-order valence-corrected chi connectivity index (χ2v) is 3.93. The summed E-state index contributed by atoms with van der Waals surface area (Å²) in [5.41, 5.74) is 1.16. The fourth-order valence-electron chi connectivity index (χ4n) is 1.79. The number of carboxylic acids is 1.